The quantitative estimate of drug-likeness (QED) is 0.594. The van der Waals surface area contributed by atoms with Gasteiger partial charge < -0.3 is 5.73 Å². The van der Waals surface area contributed by atoms with Crippen molar-refractivity contribution in [2.24, 2.45) is 12.8 Å². The molecule has 0 aliphatic heterocycles. The van der Waals surface area contributed by atoms with Crippen molar-refractivity contribution >= 4 is 5.91 Å². The van der Waals surface area contributed by atoms with E-state index in [9.17, 15) is 9.59 Å². The number of nitrogens with zero attached hydrogens (tertiary/aromatic N) is 2. The number of carbonyl (C=O) groups is 1. The van der Waals surface area contributed by atoms with Crippen molar-refractivity contribution in [2.75, 3.05) is 0 Å². The van der Waals surface area contributed by atoms with E-state index in [1.54, 1.807) is 14.0 Å². The second-order valence-electron chi connectivity index (χ2n) is 2.49. The van der Waals surface area contributed by atoms with Crippen molar-refractivity contribution in [1.29, 1.82) is 0 Å². The fourth-order valence-corrected chi connectivity index (χ4v) is 0.800. The average Bonchev–Trinajstić information content (AvgIpc) is 1.96. The maximum atomic E-state index is 11.1. The summed E-state index contributed by atoms with van der Waals surface area (Å²) in [6.45, 7) is 1.72. The maximum absolute atomic E-state index is 11.1. The highest BCUT2D eigenvalue weighted by Crippen LogP contribution is 1.89. The molecule has 0 spiro atoms. The van der Waals surface area contributed by atoms with Crippen molar-refractivity contribution in [3.8, 4) is 0 Å². The molecule has 0 saturated carbocycles. The first-order chi connectivity index (χ1) is 5.52. The molecule has 0 aliphatic carbocycles. The molecule has 0 unspecified atom stereocenters. The summed E-state index contributed by atoms with van der Waals surface area (Å²) in [4.78, 5) is 21.7. The minimum Gasteiger partial charge on any atom is -0.364 e. The summed E-state index contributed by atoms with van der Waals surface area (Å²) >= 11 is 0. The summed E-state index contributed by atoms with van der Waals surface area (Å²) in [5.74, 6) is -0.796. The summed E-state index contributed by atoms with van der Waals surface area (Å²) in [6.07, 6.45) is 0. The van der Waals surface area contributed by atoms with Crippen molar-refractivity contribution in [3.05, 3.63) is 27.7 Å². The Morgan fingerprint density at radius 1 is 1.67 bits per heavy atom. The zero-order chi connectivity index (χ0) is 9.30. The summed E-state index contributed by atoms with van der Waals surface area (Å²) in [6, 6.07) is 1.33. The van der Waals surface area contributed by atoms with Gasteiger partial charge in [-0.05, 0) is 6.92 Å². The molecule has 1 aromatic rings. The van der Waals surface area contributed by atoms with Crippen LogP contribution in [0.1, 0.15) is 16.2 Å². The van der Waals surface area contributed by atoms with E-state index >= 15 is 0 Å². The highest BCUT2D eigenvalue weighted by molar-refractivity contribution is 5.90. The van der Waals surface area contributed by atoms with E-state index in [0.717, 1.165) is 0 Å². The monoisotopic (exact) mass is 167 g/mol. The Kier molecular flexibility index (Phi) is 1.95. The number of primary amides is 1. The maximum Gasteiger partial charge on any atom is 0.273 e. The third-order valence-electron chi connectivity index (χ3n) is 1.57. The standard InChI is InChI=1S/C7H9N3O2/c1-4-3-5(11)6(7(8)12)9-10(4)2/h3H,1-2H3,(H2,8,12). The normalized spacial score (nSPS) is 9.83. The van der Waals surface area contributed by atoms with Gasteiger partial charge in [-0.2, -0.15) is 5.10 Å². The Morgan fingerprint density at radius 2 is 2.25 bits per heavy atom. The first-order valence-corrected chi connectivity index (χ1v) is 3.37. The van der Waals surface area contributed by atoms with Crippen molar-refractivity contribution in [2.45, 2.75) is 6.92 Å². The smallest absolute Gasteiger partial charge is 0.273 e. The van der Waals surface area contributed by atoms with Gasteiger partial charge in [0.1, 0.15) is 0 Å². The van der Waals surface area contributed by atoms with Gasteiger partial charge in [-0.15, -0.1) is 0 Å². The lowest BCUT2D eigenvalue weighted by Crippen LogP contribution is -2.26. The molecule has 5 nitrogen and oxygen atoms in total. The van der Waals surface area contributed by atoms with Crippen molar-refractivity contribution in [1.82, 2.24) is 9.78 Å². The Hall–Kier alpha value is -1.65. The molecule has 0 saturated heterocycles. The number of rotatable bonds is 1. The molecule has 64 valence electrons. The number of amides is 1. The molecule has 1 rings (SSSR count). The molecule has 12 heavy (non-hydrogen) atoms. The average molecular weight is 167 g/mol. The van der Waals surface area contributed by atoms with Crippen LogP contribution in [-0.2, 0) is 7.05 Å². The molecule has 1 amide bonds. The van der Waals surface area contributed by atoms with Gasteiger partial charge in [-0.25, -0.2) is 0 Å². The molecule has 5 heteroatoms. The van der Waals surface area contributed by atoms with Gasteiger partial charge in [0, 0.05) is 18.8 Å². The third-order valence-corrected chi connectivity index (χ3v) is 1.57. The Balaban J connectivity index is 3.43. The van der Waals surface area contributed by atoms with E-state index < -0.39 is 11.3 Å². The molecule has 0 fully saturated rings. The lowest BCUT2D eigenvalue weighted by molar-refractivity contribution is 0.0992. The van der Waals surface area contributed by atoms with Gasteiger partial charge in [0.15, 0.2) is 5.69 Å². The molecular weight excluding hydrogens is 158 g/mol. The van der Waals surface area contributed by atoms with Crippen LogP contribution in [-0.4, -0.2) is 15.7 Å². The first kappa shape index (κ1) is 8.45. The predicted molar refractivity (Wildman–Crippen MR) is 42.7 cm³/mol. The summed E-state index contributed by atoms with van der Waals surface area (Å²) in [5.41, 5.74) is 4.95. The highest BCUT2D eigenvalue weighted by atomic mass is 16.2. The van der Waals surface area contributed by atoms with E-state index in [1.807, 2.05) is 0 Å². The summed E-state index contributed by atoms with van der Waals surface area (Å²) in [7, 11) is 1.64. The summed E-state index contributed by atoms with van der Waals surface area (Å²) in [5, 5.41) is 3.70. The number of aromatic nitrogens is 2. The van der Waals surface area contributed by atoms with Crippen molar-refractivity contribution in [3.63, 3.8) is 0 Å². The largest absolute Gasteiger partial charge is 0.364 e. The topological polar surface area (TPSA) is 78.0 Å². The molecular formula is C7H9N3O2. The van der Waals surface area contributed by atoms with Crippen LogP contribution >= 0.6 is 0 Å². The lowest BCUT2D eigenvalue weighted by Gasteiger charge is -2.02. The van der Waals surface area contributed by atoms with Crippen LogP contribution < -0.4 is 11.2 Å². The number of hydrogen-bond acceptors (Lipinski definition) is 3. The SMILES string of the molecule is Cc1cc(=O)c(C(N)=O)nn1C. The van der Waals surface area contributed by atoms with Gasteiger partial charge in [-0.1, -0.05) is 0 Å². The van der Waals surface area contributed by atoms with Crippen LogP contribution in [0.4, 0.5) is 0 Å². The third kappa shape index (κ3) is 1.34. The molecule has 0 aromatic carbocycles. The Bertz CT molecular complexity index is 381. The van der Waals surface area contributed by atoms with E-state index in [0.29, 0.717) is 5.69 Å². The van der Waals surface area contributed by atoms with Crippen LogP contribution in [0.3, 0.4) is 0 Å². The summed E-state index contributed by atoms with van der Waals surface area (Å²) < 4.78 is 1.43. The molecule has 1 heterocycles. The Labute approximate surface area is 68.8 Å². The Morgan fingerprint density at radius 3 is 2.75 bits per heavy atom. The predicted octanol–water partition coefficient (Wildman–Crippen LogP) is -0.812. The zero-order valence-electron chi connectivity index (χ0n) is 6.87. The fourth-order valence-electron chi connectivity index (χ4n) is 0.800. The first-order valence-electron chi connectivity index (χ1n) is 3.37. The fraction of sp³-hybridized carbons (Fsp3) is 0.286. The van der Waals surface area contributed by atoms with Gasteiger partial charge >= 0.3 is 0 Å². The number of nitrogens with two attached hydrogens (primary N) is 1. The van der Waals surface area contributed by atoms with Gasteiger partial charge in [0.05, 0.1) is 0 Å². The van der Waals surface area contributed by atoms with Gasteiger partial charge in [-0.3, -0.25) is 14.3 Å². The van der Waals surface area contributed by atoms with Gasteiger partial charge in [0.2, 0.25) is 5.43 Å². The molecule has 2 N–H and O–H groups in total. The second-order valence-corrected chi connectivity index (χ2v) is 2.49. The van der Waals surface area contributed by atoms with Crippen LogP contribution in [0.25, 0.3) is 0 Å². The molecule has 0 aliphatic rings. The zero-order valence-corrected chi connectivity index (χ0v) is 6.87. The molecule has 0 bridgehead atoms. The van der Waals surface area contributed by atoms with Crippen LogP contribution in [0.5, 0.6) is 0 Å². The van der Waals surface area contributed by atoms with E-state index in [-0.39, 0.29) is 5.69 Å². The molecule has 0 atom stereocenters. The van der Waals surface area contributed by atoms with Crippen LogP contribution in [0.15, 0.2) is 10.9 Å². The number of aryl methyl sites for hydroxylation is 2. The van der Waals surface area contributed by atoms with Crippen LogP contribution in [0.2, 0.25) is 0 Å². The van der Waals surface area contributed by atoms with Gasteiger partial charge in [0.25, 0.3) is 5.91 Å². The minimum atomic E-state index is -0.796. The van der Waals surface area contributed by atoms with Crippen LogP contribution in [0, 0.1) is 6.92 Å². The number of hydrogen-bond donors (Lipinski definition) is 1. The van der Waals surface area contributed by atoms with E-state index in [4.69, 9.17) is 5.73 Å². The highest BCUT2D eigenvalue weighted by Gasteiger charge is 2.08. The van der Waals surface area contributed by atoms with E-state index in [2.05, 4.69) is 5.10 Å². The molecule has 0 radical (unpaired) electrons. The van der Waals surface area contributed by atoms with Crippen molar-refractivity contribution < 1.29 is 4.79 Å². The second kappa shape index (κ2) is 2.77. The molecule has 1 aromatic heterocycles. The number of carbonyl (C=O) groups excluding carboxylic acids is 1. The lowest BCUT2D eigenvalue weighted by atomic mass is 10.3. The van der Waals surface area contributed by atoms with E-state index in [1.165, 1.54) is 10.7 Å². The minimum absolute atomic E-state index is 0.219.